The van der Waals surface area contributed by atoms with E-state index in [1.165, 1.54) is 22.3 Å². The van der Waals surface area contributed by atoms with Crippen LogP contribution in [0.3, 0.4) is 0 Å². The number of hydrogen-bond donors (Lipinski definition) is 0. The summed E-state index contributed by atoms with van der Waals surface area (Å²) in [6, 6.07) is 25.4. The lowest BCUT2D eigenvalue weighted by molar-refractivity contribution is -0.140. The molecule has 2 atom stereocenters. The third-order valence-corrected chi connectivity index (χ3v) is 8.27. The number of fused-ring (bicyclic) bond motifs is 3. The van der Waals surface area contributed by atoms with E-state index >= 15 is 0 Å². The van der Waals surface area contributed by atoms with E-state index < -0.39 is 17.4 Å². The van der Waals surface area contributed by atoms with E-state index in [1.54, 1.807) is 0 Å². The summed E-state index contributed by atoms with van der Waals surface area (Å²) in [5.74, 6) is 0.984. The van der Waals surface area contributed by atoms with Crippen molar-refractivity contribution in [2.75, 3.05) is 52.9 Å². The second-order valence-electron chi connectivity index (χ2n) is 10.9. The number of hydrogen-bond acceptors (Lipinski definition) is 8. The summed E-state index contributed by atoms with van der Waals surface area (Å²) in [5.41, 5.74) is 4.51. The summed E-state index contributed by atoms with van der Waals surface area (Å²) in [5, 5.41) is 0. The summed E-state index contributed by atoms with van der Waals surface area (Å²) in [4.78, 5) is 22.3. The molecule has 2 unspecified atom stereocenters. The second kappa shape index (κ2) is 16.6. The van der Waals surface area contributed by atoms with Crippen molar-refractivity contribution in [1.29, 1.82) is 0 Å². The Morgan fingerprint density at radius 2 is 1.11 bits per heavy atom. The first-order valence-electron chi connectivity index (χ1n) is 15.7. The summed E-state index contributed by atoms with van der Waals surface area (Å²) in [6.45, 7) is 9.16. The number of rotatable bonds is 18. The summed E-state index contributed by atoms with van der Waals surface area (Å²) < 4.78 is 32.8. The van der Waals surface area contributed by atoms with E-state index in [-0.39, 0.29) is 25.0 Å². The quantitative estimate of drug-likeness (QED) is 0.0939. The van der Waals surface area contributed by atoms with Crippen LogP contribution in [0, 0.1) is 5.92 Å². The Morgan fingerprint density at radius 1 is 0.617 bits per heavy atom. The van der Waals surface area contributed by atoms with Gasteiger partial charge in [0.15, 0.2) is 0 Å². The fraction of sp³-hybridized carbons (Fsp3) is 0.282. The largest absolute Gasteiger partial charge is 0.491 e. The molecule has 0 spiro atoms. The molecule has 0 aliphatic heterocycles. The Balaban J connectivity index is 1.29. The first kappa shape index (κ1) is 33.4. The van der Waals surface area contributed by atoms with Crippen molar-refractivity contribution in [2.45, 2.75) is 11.3 Å². The Morgan fingerprint density at radius 3 is 1.64 bits per heavy atom. The smallest absolute Gasteiger partial charge is 0.330 e. The summed E-state index contributed by atoms with van der Waals surface area (Å²) in [6.07, 6.45) is 11.2. The van der Waals surface area contributed by atoms with Gasteiger partial charge in [0, 0.05) is 24.0 Å². The van der Waals surface area contributed by atoms with Gasteiger partial charge in [0.05, 0.1) is 31.8 Å². The molecule has 5 rings (SSSR count). The SMILES string of the molecule is C=CC(=O)OCCOCCOc1ccc(C2(c3ccc(OCCOCCOC(=O)C=C)cc3)c3ccccc3C3C=CC=CC32)cc1. The minimum atomic E-state index is -0.466. The minimum absolute atomic E-state index is 0.174. The average molecular weight is 637 g/mol. The first-order valence-corrected chi connectivity index (χ1v) is 15.7. The molecular formula is C39H40O8. The van der Waals surface area contributed by atoms with Gasteiger partial charge in [0.25, 0.3) is 0 Å². The van der Waals surface area contributed by atoms with E-state index in [0.717, 1.165) is 23.7 Å². The summed E-state index contributed by atoms with van der Waals surface area (Å²) >= 11 is 0. The average Bonchev–Trinajstić information content (AvgIpc) is 3.42. The third kappa shape index (κ3) is 7.91. The lowest BCUT2D eigenvalue weighted by atomic mass is 9.63. The van der Waals surface area contributed by atoms with Crippen molar-refractivity contribution in [3.63, 3.8) is 0 Å². The predicted molar refractivity (Wildman–Crippen MR) is 179 cm³/mol. The normalized spacial score (nSPS) is 16.9. The molecule has 0 amide bonds. The van der Waals surface area contributed by atoms with Crippen LogP contribution in [0.1, 0.15) is 28.2 Å². The molecule has 2 aliphatic rings. The van der Waals surface area contributed by atoms with Crippen LogP contribution in [0.2, 0.25) is 0 Å². The maximum Gasteiger partial charge on any atom is 0.330 e. The van der Waals surface area contributed by atoms with Crippen LogP contribution in [-0.2, 0) is 34.0 Å². The molecule has 3 aromatic rings. The molecule has 0 heterocycles. The Bertz CT molecular complexity index is 1490. The van der Waals surface area contributed by atoms with Crippen molar-refractivity contribution in [3.05, 3.63) is 145 Å². The molecule has 8 heteroatoms. The van der Waals surface area contributed by atoms with Crippen molar-refractivity contribution in [1.82, 2.24) is 0 Å². The zero-order valence-electron chi connectivity index (χ0n) is 26.4. The Hall–Kier alpha value is -4.92. The Kier molecular flexibility index (Phi) is 11.8. The maximum atomic E-state index is 11.1. The van der Waals surface area contributed by atoms with Crippen LogP contribution in [0.25, 0.3) is 0 Å². The van der Waals surface area contributed by atoms with Gasteiger partial charge in [-0.05, 0) is 46.5 Å². The highest BCUT2D eigenvalue weighted by Crippen LogP contribution is 2.59. The molecule has 0 aromatic heterocycles. The molecule has 244 valence electrons. The van der Waals surface area contributed by atoms with E-state index in [0.29, 0.717) is 39.6 Å². The van der Waals surface area contributed by atoms with Crippen molar-refractivity contribution in [3.8, 4) is 11.5 Å². The number of ether oxygens (including phenoxy) is 6. The molecule has 3 aromatic carbocycles. The van der Waals surface area contributed by atoms with Crippen molar-refractivity contribution in [2.24, 2.45) is 5.92 Å². The van der Waals surface area contributed by atoms with Gasteiger partial charge >= 0.3 is 11.9 Å². The number of carbonyl (C=O) groups excluding carboxylic acids is 2. The van der Waals surface area contributed by atoms with E-state index in [4.69, 9.17) is 28.4 Å². The highest BCUT2D eigenvalue weighted by atomic mass is 16.6. The first-order chi connectivity index (χ1) is 23.1. The van der Waals surface area contributed by atoms with Gasteiger partial charge in [-0.15, -0.1) is 0 Å². The molecular weight excluding hydrogens is 596 g/mol. The van der Waals surface area contributed by atoms with Crippen LogP contribution < -0.4 is 9.47 Å². The number of esters is 2. The molecule has 0 N–H and O–H groups in total. The van der Waals surface area contributed by atoms with Crippen LogP contribution in [0.15, 0.2) is 122 Å². The molecule has 0 saturated carbocycles. The van der Waals surface area contributed by atoms with Gasteiger partial charge < -0.3 is 28.4 Å². The zero-order valence-corrected chi connectivity index (χ0v) is 26.4. The summed E-state index contributed by atoms with van der Waals surface area (Å²) in [7, 11) is 0. The molecule has 0 saturated heterocycles. The van der Waals surface area contributed by atoms with Gasteiger partial charge in [-0.25, -0.2) is 9.59 Å². The van der Waals surface area contributed by atoms with Crippen LogP contribution >= 0.6 is 0 Å². The van der Waals surface area contributed by atoms with E-state index in [2.05, 4.69) is 86.0 Å². The predicted octanol–water partition coefficient (Wildman–Crippen LogP) is 6.11. The number of allylic oxidation sites excluding steroid dienone is 4. The monoisotopic (exact) mass is 636 g/mol. The van der Waals surface area contributed by atoms with Gasteiger partial charge in [0.2, 0.25) is 0 Å². The highest BCUT2D eigenvalue weighted by molar-refractivity contribution is 5.81. The molecule has 47 heavy (non-hydrogen) atoms. The zero-order chi connectivity index (χ0) is 32.9. The molecule has 2 aliphatic carbocycles. The highest BCUT2D eigenvalue weighted by Gasteiger charge is 2.52. The van der Waals surface area contributed by atoms with Crippen LogP contribution in [-0.4, -0.2) is 64.8 Å². The lowest BCUT2D eigenvalue weighted by Gasteiger charge is -2.39. The fourth-order valence-corrected chi connectivity index (χ4v) is 6.30. The van der Waals surface area contributed by atoms with Gasteiger partial charge in [0.1, 0.15) is 37.9 Å². The number of carbonyl (C=O) groups is 2. The molecule has 8 nitrogen and oxygen atoms in total. The minimum Gasteiger partial charge on any atom is -0.491 e. The molecule has 0 radical (unpaired) electrons. The van der Waals surface area contributed by atoms with Gasteiger partial charge in [-0.3, -0.25) is 0 Å². The topological polar surface area (TPSA) is 89.5 Å². The lowest BCUT2D eigenvalue weighted by Crippen LogP contribution is -2.35. The van der Waals surface area contributed by atoms with Crippen LogP contribution in [0.4, 0.5) is 0 Å². The number of benzene rings is 3. The fourth-order valence-electron chi connectivity index (χ4n) is 6.30. The molecule has 0 bridgehead atoms. The van der Waals surface area contributed by atoms with Crippen LogP contribution in [0.5, 0.6) is 11.5 Å². The van der Waals surface area contributed by atoms with Gasteiger partial charge in [-0.2, -0.15) is 0 Å². The van der Waals surface area contributed by atoms with E-state index in [1.807, 2.05) is 24.3 Å². The third-order valence-electron chi connectivity index (χ3n) is 8.27. The second-order valence-corrected chi connectivity index (χ2v) is 10.9. The van der Waals surface area contributed by atoms with E-state index in [9.17, 15) is 9.59 Å². The van der Waals surface area contributed by atoms with Crippen molar-refractivity contribution >= 4 is 11.9 Å². The van der Waals surface area contributed by atoms with Gasteiger partial charge in [-0.1, -0.05) is 86.0 Å². The molecule has 0 fully saturated rings. The Labute approximate surface area is 275 Å². The standard InChI is InChI=1S/C39H40O8/c1-3-37(40)46-27-23-42-21-25-44-31-17-13-29(14-18-31)39(35-11-7-5-9-33(35)34-10-6-8-12-36(34)39)30-15-19-32(20-16-30)45-26-22-43-24-28-47-38(41)4-2/h3-20,33,35H,1-2,21-28H2. The van der Waals surface area contributed by atoms with Crippen molar-refractivity contribution < 1.29 is 38.0 Å². The maximum absolute atomic E-state index is 11.1.